The van der Waals surface area contributed by atoms with Crippen LogP contribution in [0.1, 0.15) is 57.8 Å². The molecule has 37 heavy (non-hydrogen) atoms. The van der Waals surface area contributed by atoms with Crippen molar-refractivity contribution >= 4 is 23.6 Å². The van der Waals surface area contributed by atoms with Gasteiger partial charge in [-0.05, 0) is 45.2 Å². The SMILES string of the molecule is CCN1CC(=O)N[C@@H](C(C)C)COc2ccccc2C(=O)N[C@H](C(=O)N2C[C@@H](C)O[C@@H](C)C2)CCC1=O. The highest BCUT2D eigenvalue weighted by Gasteiger charge is 2.33. The summed E-state index contributed by atoms with van der Waals surface area (Å²) in [6.45, 7) is 10.8. The van der Waals surface area contributed by atoms with Gasteiger partial charge in [-0.25, -0.2) is 0 Å². The fourth-order valence-electron chi connectivity index (χ4n) is 4.66. The molecule has 1 saturated heterocycles. The van der Waals surface area contributed by atoms with E-state index in [1.165, 1.54) is 4.90 Å². The van der Waals surface area contributed by atoms with Crippen molar-refractivity contribution in [3.63, 3.8) is 0 Å². The van der Waals surface area contributed by atoms with E-state index in [1.54, 1.807) is 36.1 Å². The van der Waals surface area contributed by atoms with Gasteiger partial charge in [-0.3, -0.25) is 19.2 Å². The molecular weight excluding hydrogens is 476 g/mol. The van der Waals surface area contributed by atoms with Crippen molar-refractivity contribution < 1.29 is 28.7 Å². The van der Waals surface area contributed by atoms with Crippen molar-refractivity contribution in [1.82, 2.24) is 20.4 Å². The zero-order chi connectivity index (χ0) is 27.1. The summed E-state index contributed by atoms with van der Waals surface area (Å²) in [5, 5.41) is 5.82. The average Bonchev–Trinajstić information content (AvgIpc) is 2.85. The molecule has 2 heterocycles. The molecule has 0 aliphatic carbocycles. The van der Waals surface area contributed by atoms with Crippen molar-refractivity contribution in [3.8, 4) is 5.75 Å². The maximum Gasteiger partial charge on any atom is 0.255 e. The molecule has 0 radical (unpaired) electrons. The van der Waals surface area contributed by atoms with E-state index in [9.17, 15) is 19.2 Å². The third-order valence-corrected chi connectivity index (χ3v) is 6.75. The van der Waals surface area contributed by atoms with Crippen LogP contribution in [0.25, 0.3) is 0 Å². The number of carbonyl (C=O) groups excluding carboxylic acids is 4. The van der Waals surface area contributed by atoms with Crippen molar-refractivity contribution in [1.29, 1.82) is 0 Å². The summed E-state index contributed by atoms with van der Waals surface area (Å²) in [4.78, 5) is 55.9. The van der Waals surface area contributed by atoms with Crippen molar-refractivity contribution in [3.05, 3.63) is 29.8 Å². The van der Waals surface area contributed by atoms with E-state index in [0.717, 1.165) is 0 Å². The van der Waals surface area contributed by atoms with Crippen molar-refractivity contribution in [2.75, 3.05) is 32.8 Å². The van der Waals surface area contributed by atoms with Gasteiger partial charge in [0.1, 0.15) is 18.4 Å². The first-order chi connectivity index (χ1) is 17.6. The van der Waals surface area contributed by atoms with Crippen LogP contribution in [0.15, 0.2) is 24.3 Å². The molecule has 1 aromatic carbocycles. The number of rotatable bonds is 3. The monoisotopic (exact) mass is 516 g/mol. The molecule has 10 heteroatoms. The summed E-state index contributed by atoms with van der Waals surface area (Å²) in [7, 11) is 0. The Kier molecular flexibility index (Phi) is 9.91. The number of amides is 4. The first kappa shape index (κ1) is 28.4. The van der Waals surface area contributed by atoms with Crippen LogP contribution in [0, 0.1) is 5.92 Å². The molecule has 2 aliphatic rings. The lowest BCUT2D eigenvalue weighted by Crippen LogP contribution is -2.55. The van der Waals surface area contributed by atoms with Crippen LogP contribution < -0.4 is 15.4 Å². The van der Waals surface area contributed by atoms with Gasteiger partial charge in [0, 0.05) is 26.1 Å². The maximum absolute atomic E-state index is 13.6. The number of para-hydroxylation sites is 1. The lowest BCUT2D eigenvalue weighted by Gasteiger charge is -2.37. The smallest absolute Gasteiger partial charge is 0.255 e. The predicted octanol–water partition coefficient (Wildman–Crippen LogP) is 1.58. The molecule has 1 aromatic rings. The Bertz CT molecular complexity index is 973. The van der Waals surface area contributed by atoms with E-state index in [-0.39, 0.29) is 73.4 Å². The van der Waals surface area contributed by atoms with Crippen LogP contribution in [-0.2, 0) is 19.1 Å². The number of benzene rings is 1. The number of ether oxygens (including phenoxy) is 2. The molecule has 0 aromatic heterocycles. The van der Waals surface area contributed by atoms with Crippen molar-refractivity contribution in [2.24, 2.45) is 5.92 Å². The molecule has 0 unspecified atom stereocenters. The number of fused-ring (bicyclic) bond motifs is 1. The number of nitrogens with zero attached hydrogens (tertiary/aromatic N) is 2. The fraction of sp³-hybridized carbons (Fsp3) is 0.630. The molecule has 0 saturated carbocycles. The third kappa shape index (κ3) is 7.67. The molecule has 2 aliphatic heterocycles. The number of likely N-dealkylation sites (N-methyl/N-ethyl adjacent to an activating group) is 1. The van der Waals surface area contributed by atoms with Gasteiger partial charge < -0.3 is 29.9 Å². The summed E-state index contributed by atoms with van der Waals surface area (Å²) in [6, 6.07) is 5.58. The highest BCUT2D eigenvalue weighted by molar-refractivity contribution is 5.99. The predicted molar refractivity (Wildman–Crippen MR) is 138 cm³/mol. The molecule has 4 atom stereocenters. The van der Waals surface area contributed by atoms with E-state index in [0.29, 0.717) is 25.4 Å². The zero-order valence-corrected chi connectivity index (χ0v) is 22.5. The summed E-state index contributed by atoms with van der Waals surface area (Å²) >= 11 is 0. The van der Waals surface area contributed by atoms with Crippen LogP contribution in [0.3, 0.4) is 0 Å². The number of hydrogen-bond acceptors (Lipinski definition) is 6. The van der Waals surface area contributed by atoms with Crippen LogP contribution in [0.2, 0.25) is 0 Å². The first-order valence-electron chi connectivity index (χ1n) is 13.1. The molecule has 3 rings (SSSR count). The molecule has 4 amide bonds. The second kappa shape index (κ2) is 12.9. The second-order valence-electron chi connectivity index (χ2n) is 10.2. The van der Waals surface area contributed by atoms with Gasteiger partial charge in [0.2, 0.25) is 17.7 Å². The number of hydrogen-bond donors (Lipinski definition) is 2. The molecule has 0 bridgehead atoms. The molecular formula is C27H40N4O6. The summed E-state index contributed by atoms with van der Waals surface area (Å²) in [5.41, 5.74) is 0.286. The van der Waals surface area contributed by atoms with Gasteiger partial charge in [0.05, 0.1) is 30.4 Å². The third-order valence-electron chi connectivity index (χ3n) is 6.75. The molecule has 10 nitrogen and oxygen atoms in total. The fourth-order valence-corrected chi connectivity index (χ4v) is 4.66. The quantitative estimate of drug-likeness (QED) is 0.630. The Balaban J connectivity index is 1.92. The highest BCUT2D eigenvalue weighted by Crippen LogP contribution is 2.21. The second-order valence-corrected chi connectivity index (χ2v) is 10.2. The van der Waals surface area contributed by atoms with Crippen LogP contribution in [-0.4, -0.2) is 90.5 Å². The Hall–Kier alpha value is -3.14. The van der Waals surface area contributed by atoms with Gasteiger partial charge in [-0.2, -0.15) is 0 Å². The Morgan fingerprint density at radius 2 is 1.76 bits per heavy atom. The minimum absolute atomic E-state index is 0.0129. The number of morpholine rings is 1. The van der Waals surface area contributed by atoms with E-state index >= 15 is 0 Å². The Morgan fingerprint density at radius 3 is 2.41 bits per heavy atom. The topological polar surface area (TPSA) is 117 Å². The molecule has 1 fully saturated rings. The molecule has 0 spiro atoms. The van der Waals surface area contributed by atoms with Crippen LogP contribution in [0.4, 0.5) is 0 Å². The number of nitrogens with one attached hydrogen (secondary N) is 2. The standard InChI is InChI=1S/C27H40N4O6/c1-6-30-15-24(32)28-22(17(2)3)16-36-23-10-8-7-9-20(23)26(34)29-21(11-12-25(30)33)27(35)31-13-18(4)37-19(5)14-31/h7-10,17-19,21-22H,6,11-16H2,1-5H3,(H,28,32)(H,29,34)/t18-,19+,21-,22+/m0/s1. The van der Waals surface area contributed by atoms with Crippen LogP contribution >= 0.6 is 0 Å². The Morgan fingerprint density at radius 1 is 1.08 bits per heavy atom. The normalized spacial score (nSPS) is 26.4. The number of carbonyl (C=O) groups is 4. The zero-order valence-electron chi connectivity index (χ0n) is 22.5. The summed E-state index contributed by atoms with van der Waals surface area (Å²) < 4.78 is 11.8. The van der Waals surface area contributed by atoms with E-state index in [4.69, 9.17) is 9.47 Å². The van der Waals surface area contributed by atoms with Gasteiger partial charge >= 0.3 is 0 Å². The summed E-state index contributed by atoms with van der Waals surface area (Å²) in [6.07, 6.45) is -0.146. The van der Waals surface area contributed by atoms with Gasteiger partial charge in [0.25, 0.3) is 5.91 Å². The lowest BCUT2D eigenvalue weighted by molar-refractivity contribution is -0.145. The molecule has 204 valence electrons. The largest absolute Gasteiger partial charge is 0.491 e. The van der Waals surface area contributed by atoms with Crippen molar-refractivity contribution in [2.45, 2.75) is 71.8 Å². The minimum Gasteiger partial charge on any atom is -0.491 e. The lowest BCUT2D eigenvalue weighted by atomic mass is 10.1. The maximum atomic E-state index is 13.6. The van der Waals surface area contributed by atoms with E-state index in [1.807, 2.05) is 27.7 Å². The van der Waals surface area contributed by atoms with Gasteiger partial charge in [0.15, 0.2) is 0 Å². The molecule has 2 N–H and O–H groups in total. The summed E-state index contributed by atoms with van der Waals surface area (Å²) in [5.74, 6) is -0.818. The Labute approximate surface area is 219 Å². The van der Waals surface area contributed by atoms with E-state index < -0.39 is 11.9 Å². The van der Waals surface area contributed by atoms with E-state index in [2.05, 4.69) is 10.6 Å². The minimum atomic E-state index is -0.914. The first-order valence-corrected chi connectivity index (χ1v) is 13.1. The van der Waals surface area contributed by atoms with Gasteiger partial charge in [-0.15, -0.1) is 0 Å². The van der Waals surface area contributed by atoms with Crippen LogP contribution in [0.5, 0.6) is 5.75 Å². The van der Waals surface area contributed by atoms with Gasteiger partial charge in [-0.1, -0.05) is 26.0 Å². The average molecular weight is 517 g/mol. The highest BCUT2D eigenvalue weighted by atomic mass is 16.5.